The minimum absolute atomic E-state index is 0.263. The SMILES string of the molecule is COc1ccccc1COC[C@H](O)CN1CCC[C@H](O)C1. The van der Waals surface area contributed by atoms with E-state index >= 15 is 0 Å². The molecule has 0 unspecified atom stereocenters. The van der Waals surface area contributed by atoms with Crippen molar-refractivity contribution in [2.45, 2.75) is 31.7 Å². The van der Waals surface area contributed by atoms with Gasteiger partial charge in [0.25, 0.3) is 0 Å². The number of β-amino-alcohol motifs (C(OH)–C–C–N with tert-alkyl or cyclic N) is 2. The third-order valence-corrected chi connectivity index (χ3v) is 3.71. The van der Waals surface area contributed by atoms with Crippen LogP contribution in [-0.2, 0) is 11.3 Å². The number of rotatable bonds is 7. The van der Waals surface area contributed by atoms with Gasteiger partial charge in [0.15, 0.2) is 0 Å². The lowest BCUT2D eigenvalue weighted by atomic mass is 10.1. The van der Waals surface area contributed by atoms with Crippen molar-refractivity contribution in [3.63, 3.8) is 0 Å². The maximum Gasteiger partial charge on any atom is 0.124 e. The van der Waals surface area contributed by atoms with Crippen LogP contribution in [0.15, 0.2) is 24.3 Å². The van der Waals surface area contributed by atoms with Gasteiger partial charge in [-0.15, -0.1) is 0 Å². The summed E-state index contributed by atoms with van der Waals surface area (Å²) >= 11 is 0. The summed E-state index contributed by atoms with van der Waals surface area (Å²) < 4.78 is 10.8. The predicted molar refractivity (Wildman–Crippen MR) is 80.3 cm³/mol. The Labute approximate surface area is 126 Å². The van der Waals surface area contributed by atoms with Crippen molar-refractivity contribution in [2.24, 2.45) is 0 Å². The number of nitrogens with zero attached hydrogens (tertiary/aromatic N) is 1. The fourth-order valence-electron chi connectivity index (χ4n) is 2.67. The van der Waals surface area contributed by atoms with Crippen molar-refractivity contribution in [1.82, 2.24) is 4.90 Å². The average molecular weight is 295 g/mol. The van der Waals surface area contributed by atoms with Crippen molar-refractivity contribution >= 4 is 0 Å². The monoisotopic (exact) mass is 295 g/mol. The molecule has 0 aliphatic carbocycles. The molecule has 2 N–H and O–H groups in total. The van der Waals surface area contributed by atoms with Gasteiger partial charge in [0.1, 0.15) is 5.75 Å². The van der Waals surface area contributed by atoms with Crippen molar-refractivity contribution in [1.29, 1.82) is 0 Å². The van der Waals surface area contributed by atoms with Gasteiger partial charge in [0, 0.05) is 18.7 Å². The van der Waals surface area contributed by atoms with Crippen molar-refractivity contribution < 1.29 is 19.7 Å². The first-order valence-electron chi connectivity index (χ1n) is 7.47. The van der Waals surface area contributed by atoms with Crippen LogP contribution in [0.25, 0.3) is 0 Å². The van der Waals surface area contributed by atoms with E-state index in [9.17, 15) is 10.2 Å². The lowest BCUT2D eigenvalue weighted by Gasteiger charge is -2.31. The number of piperidine rings is 1. The molecule has 0 bridgehead atoms. The van der Waals surface area contributed by atoms with Gasteiger partial charge in [0.2, 0.25) is 0 Å². The number of para-hydroxylation sites is 1. The summed E-state index contributed by atoms with van der Waals surface area (Å²) in [6.45, 7) is 2.82. The van der Waals surface area contributed by atoms with Crippen LogP contribution >= 0.6 is 0 Å². The van der Waals surface area contributed by atoms with Gasteiger partial charge < -0.3 is 19.7 Å². The summed E-state index contributed by atoms with van der Waals surface area (Å²) in [5.41, 5.74) is 0.973. The molecule has 118 valence electrons. The lowest BCUT2D eigenvalue weighted by Crippen LogP contribution is -2.43. The van der Waals surface area contributed by atoms with Crippen LogP contribution in [0.2, 0.25) is 0 Å². The molecule has 0 radical (unpaired) electrons. The van der Waals surface area contributed by atoms with Crippen molar-refractivity contribution in [3.8, 4) is 5.75 Å². The van der Waals surface area contributed by atoms with E-state index in [1.165, 1.54) is 0 Å². The fourth-order valence-corrected chi connectivity index (χ4v) is 2.67. The van der Waals surface area contributed by atoms with Gasteiger partial charge in [0.05, 0.1) is 32.5 Å². The van der Waals surface area contributed by atoms with E-state index in [2.05, 4.69) is 4.90 Å². The maximum atomic E-state index is 10.0. The molecule has 2 atom stereocenters. The molecule has 1 heterocycles. The van der Waals surface area contributed by atoms with Gasteiger partial charge in [-0.25, -0.2) is 0 Å². The molecule has 1 aliphatic heterocycles. The minimum atomic E-state index is -0.537. The Morgan fingerprint density at radius 2 is 2.19 bits per heavy atom. The summed E-state index contributed by atoms with van der Waals surface area (Å²) in [7, 11) is 1.63. The predicted octanol–water partition coefficient (Wildman–Crippen LogP) is 1.03. The Morgan fingerprint density at radius 3 is 2.95 bits per heavy atom. The van der Waals surface area contributed by atoms with Crippen molar-refractivity contribution in [2.75, 3.05) is 33.4 Å². The third kappa shape index (κ3) is 5.28. The van der Waals surface area contributed by atoms with E-state index in [0.717, 1.165) is 30.7 Å². The number of ether oxygens (including phenoxy) is 2. The highest BCUT2D eigenvalue weighted by Gasteiger charge is 2.20. The summed E-state index contributed by atoms with van der Waals surface area (Å²) in [5, 5.41) is 19.6. The Balaban J connectivity index is 1.70. The molecule has 5 nitrogen and oxygen atoms in total. The van der Waals surface area contributed by atoms with Crippen LogP contribution in [0.4, 0.5) is 0 Å². The Morgan fingerprint density at radius 1 is 1.38 bits per heavy atom. The van der Waals surface area contributed by atoms with E-state index in [1.807, 2.05) is 24.3 Å². The number of benzene rings is 1. The van der Waals surface area contributed by atoms with Gasteiger partial charge in [-0.3, -0.25) is 4.90 Å². The highest BCUT2D eigenvalue weighted by molar-refractivity contribution is 5.32. The molecule has 0 amide bonds. The highest BCUT2D eigenvalue weighted by atomic mass is 16.5. The number of aliphatic hydroxyl groups is 2. The smallest absolute Gasteiger partial charge is 0.124 e. The molecule has 1 saturated heterocycles. The molecule has 2 rings (SSSR count). The summed E-state index contributed by atoms with van der Waals surface area (Å²) in [4.78, 5) is 2.09. The molecule has 1 aliphatic rings. The van der Waals surface area contributed by atoms with E-state index < -0.39 is 6.10 Å². The van der Waals surface area contributed by atoms with Crippen LogP contribution in [0.1, 0.15) is 18.4 Å². The molecule has 0 aromatic heterocycles. The molecule has 1 aromatic carbocycles. The number of aliphatic hydroxyl groups excluding tert-OH is 2. The number of methoxy groups -OCH3 is 1. The minimum Gasteiger partial charge on any atom is -0.496 e. The number of hydrogen-bond acceptors (Lipinski definition) is 5. The zero-order valence-corrected chi connectivity index (χ0v) is 12.6. The van der Waals surface area contributed by atoms with Crippen LogP contribution < -0.4 is 4.74 Å². The second-order valence-electron chi connectivity index (χ2n) is 5.54. The molecule has 0 saturated carbocycles. The maximum absolute atomic E-state index is 10.0. The van der Waals surface area contributed by atoms with E-state index in [0.29, 0.717) is 19.7 Å². The Hall–Kier alpha value is -1.14. The van der Waals surface area contributed by atoms with E-state index in [-0.39, 0.29) is 12.7 Å². The topological polar surface area (TPSA) is 62.2 Å². The Bertz CT molecular complexity index is 426. The standard InChI is InChI=1S/C16H25NO4/c1-20-16-7-3-2-5-13(16)11-21-12-15(19)10-17-8-4-6-14(18)9-17/h2-3,5,7,14-15,18-19H,4,6,8-12H2,1H3/t14-,15+/m0/s1. The first-order chi connectivity index (χ1) is 10.2. The molecule has 1 aromatic rings. The highest BCUT2D eigenvalue weighted by Crippen LogP contribution is 2.18. The zero-order valence-electron chi connectivity index (χ0n) is 12.6. The fraction of sp³-hybridized carbons (Fsp3) is 0.625. The molecule has 5 heteroatoms. The molecule has 1 fully saturated rings. The molecular weight excluding hydrogens is 270 g/mol. The summed E-state index contributed by atoms with van der Waals surface area (Å²) in [6, 6.07) is 7.70. The number of likely N-dealkylation sites (tertiary alicyclic amines) is 1. The quantitative estimate of drug-likeness (QED) is 0.787. The molecule has 0 spiro atoms. The number of hydrogen-bond donors (Lipinski definition) is 2. The van der Waals surface area contributed by atoms with Crippen LogP contribution in [0, 0.1) is 0 Å². The van der Waals surface area contributed by atoms with Crippen LogP contribution in [0.3, 0.4) is 0 Å². The van der Waals surface area contributed by atoms with Crippen LogP contribution in [0.5, 0.6) is 5.75 Å². The summed E-state index contributed by atoms with van der Waals surface area (Å²) in [5.74, 6) is 0.797. The zero-order chi connectivity index (χ0) is 15.1. The largest absolute Gasteiger partial charge is 0.496 e. The van der Waals surface area contributed by atoms with Gasteiger partial charge in [-0.05, 0) is 25.5 Å². The normalized spacial score (nSPS) is 21.2. The van der Waals surface area contributed by atoms with Crippen molar-refractivity contribution in [3.05, 3.63) is 29.8 Å². The lowest BCUT2D eigenvalue weighted by molar-refractivity contribution is -0.00765. The van der Waals surface area contributed by atoms with Gasteiger partial charge >= 0.3 is 0 Å². The van der Waals surface area contributed by atoms with Gasteiger partial charge in [-0.1, -0.05) is 18.2 Å². The van der Waals surface area contributed by atoms with Gasteiger partial charge in [-0.2, -0.15) is 0 Å². The second-order valence-corrected chi connectivity index (χ2v) is 5.54. The third-order valence-electron chi connectivity index (χ3n) is 3.71. The first kappa shape index (κ1) is 16.2. The Kier molecular flexibility index (Phi) is 6.45. The van der Waals surface area contributed by atoms with E-state index in [4.69, 9.17) is 9.47 Å². The second kappa shape index (κ2) is 8.34. The van der Waals surface area contributed by atoms with Crippen LogP contribution in [-0.4, -0.2) is 60.7 Å². The van der Waals surface area contributed by atoms with E-state index in [1.54, 1.807) is 7.11 Å². The first-order valence-corrected chi connectivity index (χ1v) is 7.47. The average Bonchev–Trinajstić information content (AvgIpc) is 2.47. The summed E-state index contributed by atoms with van der Waals surface area (Å²) in [6.07, 6.45) is 1.04. The molecular formula is C16H25NO4. The molecule has 21 heavy (non-hydrogen) atoms.